The van der Waals surface area contributed by atoms with E-state index in [-0.39, 0.29) is 30.0 Å². The summed E-state index contributed by atoms with van der Waals surface area (Å²) in [6.45, 7) is 7.56. The van der Waals surface area contributed by atoms with Crippen molar-refractivity contribution in [3.05, 3.63) is 41.5 Å². The van der Waals surface area contributed by atoms with Crippen LogP contribution in [0.2, 0.25) is 0 Å². The van der Waals surface area contributed by atoms with E-state index < -0.39 is 0 Å². The number of rotatable bonds is 9. The molecule has 166 valence electrons. The molecular weight excluding hydrogens is 495 g/mol. The van der Waals surface area contributed by atoms with Crippen LogP contribution in [0.5, 0.6) is 5.75 Å². The van der Waals surface area contributed by atoms with Crippen molar-refractivity contribution in [1.82, 2.24) is 25.4 Å². The Labute approximate surface area is 195 Å². The number of hydrogen-bond acceptors (Lipinski definition) is 5. The summed E-state index contributed by atoms with van der Waals surface area (Å²) < 4.78 is 13.0. The van der Waals surface area contributed by atoms with Crippen molar-refractivity contribution in [2.45, 2.75) is 52.3 Å². The van der Waals surface area contributed by atoms with Gasteiger partial charge in [0.1, 0.15) is 18.2 Å². The number of methoxy groups -OCH3 is 1. The summed E-state index contributed by atoms with van der Waals surface area (Å²) in [7, 11) is 1.66. The molecule has 1 unspecified atom stereocenters. The van der Waals surface area contributed by atoms with E-state index in [1.165, 1.54) is 0 Å². The summed E-state index contributed by atoms with van der Waals surface area (Å²) >= 11 is 0. The molecule has 0 saturated carbocycles. The van der Waals surface area contributed by atoms with Gasteiger partial charge in [-0.2, -0.15) is 5.10 Å². The molecule has 1 aromatic carbocycles. The summed E-state index contributed by atoms with van der Waals surface area (Å²) in [5, 5.41) is 11.4. The molecule has 1 aromatic heterocycles. The molecule has 0 saturated heterocycles. The molecule has 0 bridgehead atoms. The lowest BCUT2D eigenvalue weighted by molar-refractivity contribution is 0.177. The third kappa shape index (κ3) is 7.12. The Morgan fingerprint density at radius 3 is 2.93 bits per heavy atom. The first kappa shape index (κ1) is 24.4. The van der Waals surface area contributed by atoms with Crippen molar-refractivity contribution >= 4 is 29.9 Å². The van der Waals surface area contributed by atoms with Crippen LogP contribution >= 0.6 is 24.0 Å². The molecule has 1 aliphatic heterocycles. The van der Waals surface area contributed by atoms with Crippen LogP contribution in [0.25, 0.3) is 0 Å². The van der Waals surface area contributed by atoms with Gasteiger partial charge in [0.2, 0.25) is 0 Å². The van der Waals surface area contributed by atoms with Gasteiger partial charge in [0, 0.05) is 39.1 Å². The molecule has 2 heterocycles. The highest BCUT2D eigenvalue weighted by Crippen LogP contribution is 2.16. The van der Waals surface area contributed by atoms with E-state index >= 15 is 0 Å². The lowest BCUT2D eigenvalue weighted by Crippen LogP contribution is -2.47. The van der Waals surface area contributed by atoms with E-state index in [1.807, 2.05) is 22.9 Å². The molecule has 0 amide bonds. The average molecular weight is 528 g/mol. The third-order valence-electron chi connectivity index (χ3n) is 4.78. The number of aromatic nitrogens is 3. The normalized spacial score (nSPS) is 15.8. The zero-order chi connectivity index (χ0) is 20.5. The first-order chi connectivity index (χ1) is 14.2. The topological polar surface area (TPSA) is 85.6 Å². The number of ether oxygens (including phenoxy) is 2. The van der Waals surface area contributed by atoms with Gasteiger partial charge in [-0.3, -0.25) is 4.99 Å². The monoisotopic (exact) mass is 528 g/mol. The summed E-state index contributed by atoms with van der Waals surface area (Å²) in [6, 6.07) is 8.36. The molecular formula is C21H33IN6O2. The molecule has 9 heteroatoms. The van der Waals surface area contributed by atoms with Gasteiger partial charge in [0.15, 0.2) is 11.8 Å². The van der Waals surface area contributed by atoms with Crippen molar-refractivity contribution in [3.63, 3.8) is 0 Å². The fraction of sp³-hybridized carbons (Fsp3) is 0.571. The van der Waals surface area contributed by atoms with Gasteiger partial charge in [-0.15, -0.1) is 24.0 Å². The lowest BCUT2D eigenvalue weighted by atomic mass is 10.1. The largest absolute Gasteiger partial charge is 0.493 e. The van der Waals surface area contributed by atoms with Crippen LogP contribution in [0.1, 0.15) is 37.0 Å². The SMILES string of the molecule is CCNC(=NCCCOc1ccccc1C)NC1CCc2nc(COC)nn2C1.I. The van der Waals surface area contributed by atoms with Crippen LogP contribution in [-0.4, -0.2) is 53.6 Å². The molecule has 0 spiro atoms. The highest BCUT2D eigenvalue weighted by Gasteiger charge is 2.22. The number of nitrogens with one attached hydrogen (secondary N) is 2. The second-order valence-corrected chi connectivity index (χ2v) is 7.17. The Morgan fingerprint density at radius 2 is 2.17 bits per heavy atom. The van der Waals surface area contributed by atoms with E-state index in [4.69, 9.17) is 14.5 Å². The van der Waals surface area contributed by atoms with E-state index in [0.717, 1.165) is 61.3 Å². The molecule has 1 atom stereocenters. The number of hydrogen-bond donors (Lipinski definition) is 2. The van der Waals surface area contributed by atoms with E-state index in [9.17, 15) is 0 Å². The first-order valence-corrected chi connectivity index (χ1v) is 10.3. The third-order valence-corrected chi connectivity index (χ3v) is 4.78. The summed E-state index contributed by atoms with van der Waals surface area (Å²) in [4.78, 5) is 9.23. The molecule has 3 rings (SSSR count). The average Bonchev–Trinajstić information content (AvgIpc) is 3.11. The van der Waals surface area contributed by atoms with E-state index in [0.29, 0.717) is 19.8 Å². The van der Waals surface area contributed by atoms with Crippen molar-refractivity contribution in [2.75, 3.05) is 26.8 Å². The summed E-state index contributed by atoms with van der Waals surface area (Å²) in [6.07, 6.45) is 2.77. The molecule has 2 N–H and O–H groups in total. The Morgan fingerprint density at radius 1 is 1.33 bits per heavy atom. The minimum atomic E-state index is 0. The maximum absolute atomic E-state index is 5.85. The molecule has 8 nitrogen and oxygen atoms in total. The minimum absolute atomic E-state index is 0. The van der Waals surface area contributed by atoms with Crippen LogP contribution in [0, 0.1) is 6.92 Å². The number of halogens is 1. The molecule has 30 heavy (non-hydrogen) atoms. The van der Waals surface area contributed by atoms with E-state index in [2.05, 4.69) is 40.6 Å². The molecule has 0 radical (unpaired) electrons. The number of benzene rings is 1. The van der Waals surface area contributed by atoms with Crippen molar-refractivity contribution in [3.8, 4) is 5.75 Å². The second-order valence-electron chi connectivity index (χ2n) is 7.17. The van der Waals surface area contributed by atoms with Crippen LogP contribution in [0.15, 0.2) is 29.3 Å². The highest BCUT2D eigenvalue weighted by molar-refractivity contribution is 14.0. The number of aryl methyl sites for hydroxylation is 2. The van der Waals surface area contributed by atoms with Gasteiger partial charge in [0.05, 0.1) is 13.2 Å². The van der Waals surface area contributed by atoms with Crippen molar-refractivity contribution in [2.24, 2.45) is 4.99 Å². The number of aliphatic imine (C=N–C) groups is 1. The quantitative estimate of drug-likeness (QED) is 0.225. The Bertz CT molecular complexity index is 811. The van der Waals surface area contributed by atoms with Crippen LogP contribution < -0.4 is 15.4 Å². The van der Waals surface area contributed by atoms with Gasteiger partial charge < -0.3 is 20.1 Å². The first-order valence-electron chi connectivity index (χ1n) is 10.3. The molecule has 2 aromatic rings. The summed E-state index contributed by atoms with van der Waals surface area (Å²) in [5.41, 5.74) is 1.16. The van der Waals surface area contributed by atoms with Gasteiger partial charge in [-0.25, -0.2) is 9.67 Å². The van der Waals surface area contributed by atoms with Gasteiger partial charge in [-0.05, 0) is 31.9 Å². The number of nitrogens with zero attached hydrogens (tertiary/aromatic N) is 4. The van der Waals surface area contributed by atoms with Crippen LogP contribution in [0.4, 0.5) is 0 Å². The fourth-order valence-corrected chi connectivity index (χ4v) is 3.34. The van der Waals surface area contributed by atoms with Gasteiger partial charge >= 0.3 is 0 Å². The number of para-hydroxylation sites is 1. The highest BCUT2D eigenvalue weighted by atomic mass is 127. The predicted octanol–water partition coefficient (Wildman–Crippen LogP) is 2.69. The van der Waals surface area contributed by atoms with Crippen molar-refractivity contribution < 1.29 is 9.47 Å². The standard InChI is InChI=1S/C21H32N6O2.HI/c1-4-22-21(23-12-7-13-29-18-9-6-5-8-16(18)2)24-17-10-11-20-25-19(15-28-3)26-27(20)14-17;/h5-6,8-9,17H,4,7,10-15H2,1-3H3,(H2,22,23,24);1H. The van der Waals surface area contributed by atoms with Crippen LogP contribution in [0.3, 0.4) is 0 Å². The van der Waals surface area contributed by atoms with E-state index in [1.54, 1.807) is 7.11 Å². The minimum Gasteiger partial charge on any atom is -0.493 e. The molecule has 0 aliphatic carbocycles. The zero-order valence-electron chi connectivity index (χ0n) is 18.1. The Kier molecular flexibility index (Phi) is 10.4. The molecule has 1 aliphatic rings. The Balaban J connectivity index is 0.00000320. The fourth-order valence-electron chi connectivity index (χ4n) is 3.34. The van der Waals surface area contributed by atoms with Crippen molar-refractivity contribution in [1.29, 1.82) is 0 Å². The summed E-state index contributed by atoms with van der Waals surface area (Å²) in [5.74, 6) is 3.57. The zero-order valence-corrected chi connectivity index (χ0v) is 20.4. The second kappa shape index (κ2) is 12.7. The molecule has 0 fully saturated rings. The number of fused-ring (bicyclic) bond motifs is 1. The Hall–Kier alpha value is -1.88. The lowest BCUT2D eigenvalue weighted by Gasteiger charge is -2.25. The maximum atomic E-state index is 5.85. The smallest absolute Gasteiger partial charge is 0.191 e. The van der Waals surface area contributed by atoms with Gasteiger partial charge in [0.25, 0.3) is 0 Å². The van der Waals surface area contributed by atoms with Gasteiger partial charge in [-0.1, -0.05) is 18.2 Å². The maximum Gasteiger partial charge on any atom is 0.191 e. The predicted molar refractivity (Wildman–Crippen MR) is 129 cm³/mol. The van der Waals surface area contributed by atoms with Crippen LogP contribution in [-0.2, 0) is 24.3 Å². The number of guanidine groups is 1.